The fourth-order valence-corrected chi connectivity index (χ4v) is 2.08. The molecule has 0 atom stereocenters. The van der Waals surface area contributed by atoms with E-state index in [1.807, 2.05) is 13.8 Å². The highest BCUT2D eigenvalue weighted by atomic mass is 16.6. The molecular formula is C14H16N2O4. The Balaban J connectivity index is 2.55. The predicted octanol–water partition coefficient (Wildman–Crippen LogP) is 3.16. The zero-order valence-corrected chi connectivity index (χ0v) is 11.6. The third-order valence-electron chi connectivity index (χ3n) is 2.86. The average molecular weight is 276 g/mol. The molecule has 0 amide bonds. The number of hydrogen-bond donors (Lipinski definition) is 1. The Labute approximate surface area is 116 Å². The topological polar surface area (TPSA) is 85.5 Å². The number of nitrogens with zero attached hydrogens (tertiary/aromatic N) is 1. The highest BCUT2D eigenvalue weighted by Crippen LogP contribution is 2.38. The molecule has 6 heteroatoms. The van der Waals surface area contributed by atoms with Crippen molar-refractivity contribution < 1.29 is 14.4 Å². The maximum absolute atomic E-state index is 10.9. The summed E-state index contributed by atoms with van der Waals surface area (Å²) in [6.45, 7) is 5.86. The number of nitro groups is 1. The van der Waals surface area contributed by atoms with Crippen molar-refractivity contribution in [3.05, 3.63) is 40.0 Å². The number of nitrogens with one attached hydrogen (secondary N) is 1. The van der Waals surface area contributed by atoms with E-state index < -0.39 is 10.5 Å². The molecule has 0 aliphatic carbocycles. The van der Waals surface area contributed by atoms with E-state index in [1.54, 1.807) is 19.1 Å². The molecule has 0 radical (unpaired) electrons. The first kappa shape index (κ1) is 14.0. The maximum atomic E-state index is 10.9. The van der Waals surface area contributed by atoms with Crippen LogP contribution in [0.5, 0.6) is 5.75 Å². The van der Waals surface area contributed by atoms with Crippen LogP contribution in [0.25, 0.3) is 5.57 Å². The number of non-ortho nitro benzene ring substituents is 1. The Kier molecular flexibility index (Phi) is 3.48. The van der Waals surface area contributed by atoms with E-state index in [-0.39, 0.29) is 11.6 Å². The van der Waals surface area contributed by atoms with Gasteiger partial charge in [0.15, 0.2) is 0 Å². The van der Waals surface area contributed by atoms with Crippen LogP contribution in [0.15, 0.2) is 24.3 Å². The zero-order valence-electron chi connectivity index (χ0n) is 11.6. The molecule has 20 heavy (non-hydrogen) atoms. The first-order valence-electron chi connectivity index (χ1n) is 6.26. The first-order valence-corrected chi connectivity index (χ1v) is 6.26. The quantitative estimate of drug-likeness (QED) is 0.397. The smallest absolute Gasteiger partial charge is 0.270 e. The lowest BCUT2D eigenvalue weighted by Gasteiger charge is -2.30. The Morgan fingerprint density at radius 2 is 2.20 bits per heavy atom. The van der Waals surface area contributed by atoms with Crippen molar-refractivity contribution in [3.63, 3.8) is 0 Å². The third-order valence-corrected chi connectivity index (χ3v) is 2.86. The van der Waals surface area contributed by atoms with E-state index in [0.717, 1.165) is 0 Å². The number of fused-ring (bicyclic) bond motifs is 1. The van der Waals surface area contributed by atoms with Gasteiger partial charge in [0.25, 0.3) is 5.69 Å². The summed E-state index contributed by atoms with van der Waals surface area (Å²) in [6, 6.07) is 4.35. The molecule has 0 fully saturated rings. The van der Waals surface area contributed by atoms with Gasteiger partial charge in [0, 0.05) is 23.3 Å². The summed E-state index contributed by atoms with van der Waals surface area (Å²) in [7, 11) is 0. The van der Waals surface area contributed by atoms with Gasteiger partial charge in [-0.15, -0.1) is 0 Å². The number of benzene rings is 1. The lowest BCUT2D eigenvalue weighted by atomic mass is 9.94. The maximum Gasteiger partial charge on any atom is 0.270 e. The highest BCUT2D eigenvalue weighted by molar-refractivity contribution is 6.19. The molecule has 0 bridgehead atoms. The molecule has 6 nitrogen and oxygen atoms in total. The lowest BCUT2D eigenvalue weighted by molar-refractivity contribution is -0.384. The molecule has 0 aromatic heterocycles. The van der Waals surface area contributed by atoms with Crippen molar-refractivity contribution in [3.8, 4) is 5.75 Å². The number of rotatable bonds is 3. The van der Waals surface area contributed by atoms with E-state index in [1.165, 1.54) is 12.1 Å². The van der Waals surface area contributed by atoms with Crippen molar-refractivity contribution >= 4 is 17.2 Å². The summed E-state index contributed by atoms with van der Waals surface area (Å²) >= 11 is 0. The minimum Gasteiger partial charge on any atom is -0.483 e. The highest BCUT2D eigenvalue weighted by Gasteiger charge is 2.30. The second-order valence-corrected chi connectivity index (χ2v) is 4.96. The Hall–Kier alpha value is -2.37. The SMILES string of the molecule is CCOC(=N)C1=CC(C)(C)Oc2ccc([N+](=O)[O-])cc21. The molecule has 2 rings (SSSR count). The van der Waals surface area contributed by atoms with Crippen molar-refractivity contribution in [1.29, 1.82) is 5.41 Å². The molecular weight excluding hydrogens is 260 g/mol. The Morgan fingerprint density at radius 3 is 2.80 bits per heavy atom. The minimum atomic E-state index is -0.595. The summed E-state index contributed by atoms with van der Waals surface area (Å²) in [4.78, 5) is 10.4. The van der Waals surface area contributed by atoms with Gasteiger partial charge in [0.05, 0.1) is 11.5 Å². The van der Waals surface area contributed by atoms with Crippen LogP contribution < -0.4 is 4.74 Å². The van der Waals surface area contributed by atoms with Crippen LogP contribution in [-0.2, 0) is 4.74 Å². The van der Waals surface area contributed by atoms with Crippen molar-refractivity contribution in [2.24, 2.45) is 0 Å². The number of hydrogen-bond acceptors (Lipinski definition) is 5. The molecule has 0 spiro atoms. The van der Waals surface area contributed by atoms with E-state index in [0.29, 0.717) is 23.5 Å². The van der Waals surface area contributed by atoms with Crippen LogP contribution in [0.1, 0.15) is 26.3 Å². The van der Waals surface area contributed by atoms with E-state index in [2.05, 4.69) is 0 Å². The van der Waals surface area contributed by atoms with Gasteiger partial charge in [0.2, 0.25) is 5.90 Å². The molecule has 1 aliphatic heterocycles. The van der Waals surface area contributed by atoms with Crippen LogP contribution in [0.3, 0.4) is 0 Å². The molecule has 1 N–H and O–H groups in total. The fourth-order valence-electron chi connectivity index (χ4n) is 2.08. The Morgan fingerprint density at radius 1 is 1.50 bits per heavy atom. The van der Waals surface area contributed by atoms with Crippen LogP contribution in [-0.4, -0.2) is 23.0 Å². The lowest BCUT2D eigenvalue weighted by Crippen LogP contribution is -2.30. The van der Waals surface area contributed by atoms with Gasteiger partial charge >= 0.3 is 0 Å². The molecule has 0 saturated carbocycles. The summed E-state index contributed by atoms with van der Waals surface area (Å²) in [5.74, 6) is 0.508. The summed E-state index contributed by atoms with van der Waals surface area (Å²) < 4.78 is 11.0. The van der Waals surface area contributed by atoms with Gasteiger partial charge in [-0.3, -0.25) is 15.5 Å². The number of nitro benzene ring substituents is 1. The summed E-state index contributed by atoms with van der Waals surface area (Å²) in [5.41, 5.74) is 0.392. The first-order chi connectivity index (χ1) is 9.34. The second-order valence-electron chi connectivity index (χ2n) is 4.96. The molecule has 1 heterocycles. The summed E-state index contributed by atoms with van der Waals surface area (Å²) in [5, 5.41) is 18.8. The van der Waals surface area contributed by atoms with Crippen molar-refractivity contribution in [1.82, 2.24) is 0 Å². The van der Waals surface area contributed by atoms with Crippen molar-refractivity contribution in [2.45, 2.75) is 26.4 Å². The second kappa shape index (κ2) is 4.96. The van der Waals surface area contributed by atoms with Crippen LogP contribution >= 0.6 is 0 Å². The van der Waals surface area contributed by atoms with Gasteiger partial charge in [0.1, 0.15) is 11.4 Å². The monoisotopic (exact) mass is 276 g/mol. The van der Waals surface area contributed by atoms with Crippen LogP contribution in [0.4, 0.5) is 5.69 Å². The van der Waals surface area contributed by atoms with Gasteiger partial charge < -0.3 is 9.47 Å². The van der Waals surface area contributed by atoms with E-state index in [9.17, 15) is 10.1 Å². The molecule has 1 aromatic carbocycles. The van der Waals surface area contributed by atoms with Gasteiger partial charge in [-0.05, 0) is 32.9 Å². The predicted molar refractivity (Wildman–Crippen MR) is 75.1 cm³/mol. The van der Waals surface area contributed by atoms with Gasteiger partial charge in [-0.1, -0.05) is 0 Å². The van der Waals surface area contributed by atoms with E-state index >= 15 is 0 Å². The van der Waals surface area contributed by atoms with Crippen molar-refractivity contribution in [2.75, 3.05) is 6.61 Å². The molecule has 1 aromatic rings. The molecule has 0 unspecified atom stereocenters. The minimum absolute atomic E-state index is 0.00868. The fraction of sp³-hybridized carbons (Fsp3) is 0.357. The van der Waals surface area contributed by atoms with Crippen LogP contribution in [0.2, 0.25) is 0 Å². The molecule has 0 saturated heterocycles. The largest absolute Gasteiger partial charge is 0.483 e. The standard InChI is InChI=1S/C14H16N2O4/c1-4-19-13(15)11-8-14(2,3)20-12-6-5-9(16(17)18)7-10(11)12/h5-8,15H,4H2,1-3H3. The van der Waals surface area contributed by atoms with Crippen LogP contribution in [0, 0.1) is 15.5 Å². The number of ether oxygens (including phenoxy) is 2. The summed E-state index contributed by atoms with van der Waals surface area (Å²) in [6.07, 6.45) is 1.75. The van der Waals surface area contributed by atoms with Gasteiger partial charge in [-0.2, -0.15) is 0 Å². The molecule has 1 aliphatic rings. The Bertz CT molecular complexity index is 605. The molecule has 106 valence electrons. The average Bonchev–Trinajstić information content (AvgIpc) is 2.36. The third kappa shape index (κ3) is 2.64. The normalized spacial score (nSPS) is 15.7. The zero-order chi connectivity index (χ0) is 14.9. The van der Waals surface area contributed by atoms with Gasteiger partial charge in [-0.25, -0.2) is 0 Å². The van der Waals surface area contributed by atoms with E-state index in [4.69, 9.17) is 14.9 Å².